The van der Waals surface area contributed by atoms with Crippen molar-refractivity contribution < 1.29 is 9.21 Å². The molecule has 0 saturated carbocycles. The SMILES string of the molecule is O=C1CCCc2ccc3ccc(=O)oc3c21. The van der Waals surface area contributed by atoms with Gasteiger partial charge in [-0.15, -0.1) is 0 Å². The van der Waals surface area contributed by atoms with Crippen LogP contribution in [0.25, 0.3) is 11.0 Å². The Bertz CT molecular complexity index is 637. The highest BCUT2D eigenvalue weighted by Gasteiger charge is 2.21. The van der Waals surface area contributed by atoms with Gasteiger partial charge in [-0.05, 0) is 24.5 Å². The highest BCUT2D eigenvalue weighted by molar-refractivity contribution is 6.07. The van der Waals surface area contributed by atoms with Crippen LogP contribution in [0.1, 0.15) is 28.8 Å². The van der Waals surface area contributed by atoms with E-state index in [0.717, 1.165) is 23.8 Å². The van der Waals surface area contributed by atoms with E-state index in [4.69, 9.17) is 4.42 Å². The van der Waals surface area contributed by atoms with Gasteiger partial charge in [-0.1, -0.05) is 12.1 Å². The number of hydrogen-bond donors (Lipinski definition) is 0. The van der Waals surface area contributed by atoms with Crippen LogP contribution in [0.5, 0.6) is 0 Å². The highest BCUT2D eigenvalue weighted by Crippen LogP contribution is 2.27. The lowest BCUT2D eigenvalue weighted by atomic mass is 9.89. The lowest BCUT2D eigenvalue weighted by molar-refractivity contribution is 0.0973. The van der Waals surface area contributed by atoms with Crippen LogP contribution in [0.4, 0.5) is 0 Å². The second-order valence-corrected chi connectivity index (χ2v) is 4.05. The van der Waals surface area contributed by atoms with Crippen molar-refractivity contribution in [2.45, 2.75) is 19.3 Å². The van der Waals surface area contributed by atoms with Gasteiger partial charge in [-0.2, -0.15) is 0 Å². The molecule has 2 aromatic rings. The molecule has 80 valence electrons. The third-order valence-electron chi connectivity index (χ3n) is 3.00. The quantitative estimate of drug-likeness (QED) is 0.632. The maximum Gasteiger partial charge on any atom is 0.336 e. The molecule has 3 nitrogen and oxygen atoms in total. The zero-order valence-corrected chi connectivity index (χ0v) is 8.66. The Balaban J connectivity index is 2.45. The van der Waals surface area contributed by atoms with E-state index in [0.29, 0.717) is 17.6 Å². The smallest absolute Gasteiger partial charge is 0.336 e. The summed E-state index contributed by atoms with van der Waals surface area (Å²) in [6.07, 6.45) is 2.31. The average molecular weight is 214 g/mol. The topological polar surface area (TPSA) is 47.3 Å². The number of rotatable bonds is 0. The fourth-order valence-corrected chi connectivity index (χ4v) is 2.25. The van der Waals surface area contributed by atoms with Crippen molar-refractivity contribution in [3.63, 3.8) is 0 Å². The molecule has 0 spiro atoms. The molecule has 1 aromatic heterocycles. The lowest BCUT2D eigenvalue weighted by Gasteiger charge is -2.15. The number of aryl methyl sites for hydroxylation is 1. The Morgan fingerprint density at radius 2 is 1.81 bits per heavy atom. The molecule has 0 aliphatic heterocycles. The molecular formula is C13H10O3. The average Bonchev–Trinajstić information content (AvgIpc) is 2.28. The standard InChI is InChI=1S/C13H10O3/c14-10-3-1-2-8-4-5-9-6-7-11(15)16-13(9)12(8)10/h4-7H,1-3H2. The van der Waals surface area contributed by atoms with Crippen LogP contribution in [0.15, 0.2) is 33.5 Å². The summed E-state index contributed by atoms with van der Waals surface area (Å²) in [4.78, 5) is 23.0. The van der Waals surface area contributed by atoms with Gasteiger partial charge in [0.2, 0.25) is 0 Å². The molecule has 16 heavy (non-hydrogen) atoms. The number of Topliss-reactive ketones (excluding diaryl/α,β-unsaturated/α-hetero) is 1. The van der Waals surface area contributed by atoms with E-state index in [1.54, 1.807) is 6.07 Å². The van der Waals surface area contributed by atoms with Crippen LogP contribution in [0, 0.1) is 0 Å². The van der Waals surface area contributed by atoms with Gasteiger partial charge in [-0.3, -0.25) is 4.79 Å². The molecule has 0 bridgehead atoms. The van der Waals surface area contributed by atoms with E-state index in [1.165, 1.54) is 6.07 Å². The summed E-state index contributed by atoms with van der Waals surface area (Å²) in [7, 11) is 0. The minimum absolute atomic E-state index is 0.0844. The first-order valence-corrected chi connectivity index (χ1v) is 5.34. The third kappa shape index (κ3) is 1.28. The normalized spacial score (nSPS) is 15.1. The Labute approximate surface area is 91.7 Å². The summed E-state index contributed by atoms with van der Waals surface area (Å²) in [5, 5.41) is 0.814. The monoisotopic (exact) mass is 214 g/mol. The van der Waals surface area contributed by atoms with Gasteiger partial charge in [0, 0.05) is 17.9 Å². The van der Waals surface area contributed by atoms with Crippen molar-refractivity contribution in [3.8, 4) is 0 Å². The number of fused-ring (bicyclic) bond motifs is 3. The molecular weight excluding hydrogens is 204 g/mol. The zero-order valence-electron chi connectivity index (χ0n) is 8.66. The molecule has 0 atom stereocenters. The van der Waals surface area contributed by atoms with Crippen LogP contribution < -0.4 is 5.63 Å². The first-order valence-electron chi connectivity index (χ1n) is 5.34. The van der Waals surface area contributed by atoms with Gasteiger partial charge >= 0.3 is 5.63 Å². The largest absolute Gasteiger partial charge is 0.422 e. The second-order valence-electron chi connectivity index (χ2n) is 4.05. The molecule has 1 aromatic carbocycles. The van der Waals surface area contributed by atoms with Crippen LogP contribution in [0.2, 0.25) is 0 Å². The van der Waals surface area contributed by atoms with Crippen molar-refractivity contribution in [1.82, 2.24) is 0 Å². The Morgan fingerprint density at radius 3 is 2.69 bits per heavy atom. The summed E-state index contributed by atoms with van der Waals surface area (Å²) in [6.45, 7) is 0. The van der Waals surface area contributed by atoms with Crippen molar-refractivity contribution in [1.29, 1.82) is 0 Å². The van der Waals surface area contributed by atoms with Gasteiger partial charge in [-0.25, -0.2) is 4.79 Å². The minimum atomic E-state index is -0.403. The molecule has 1 aliphatic rings. The van der Waals surface area contributed by atoms with Gasteiger partial charge < -0.3 is 4.42 Å². The lowest BCUT2D eigenvalue weighted by Crippen LogP contribution is -2.12. The molecule has 0 unspecified atom stereocenters. The highest BCUT2D eigenvalue weighted by atomic mass is 16.4. The summed E-state index contributed by atoms with van der Waals surface area (Å²) < 4.78 is 5.15. The molecule has 3 rings (SSSR count). The van der Waals surface area contributed by atoms with Crippen LogP contribution in [0.3, 0.4) is 0 Å². The molecule has 1 heterocycles. The molecule has 3 heteroatoms. The van der Waals surface area contributed by atoms with E-state index in [-0.39, 0.29) is 5.78 Å². The number of carbonyl (C=O) groups is 1. The van der Waals surface area contributed by atoms with Crippen LogP contribution in [-0.4, -0.2) is 5.78 Å². The van der Waals surface area contributed by atoms with Gasteiger partial charge in [0.15, 0.2) is 5.78 Å². The summed E-state index contributed by atoms with van der Waals surface area (Å²) in [6, 6.07) is 6.93. The number of hydrogen-bond acceptors (Lipinski definition) is 3. The molecule has 1 aliphatic carbocycles. The van der Waals surface area contributed by atoms with E-state index >= 15 is 0 Å². The summed E-state index contributed by atoms with van der Waals surface area (Å²) >= 11 is 0. The fraction of sp³-hybridized carbons (Fsp3) is 0.231. The third-order valence-corrected chi connectivity index (χ3v) is 3.00. The molecule has 0 saturated heterocycles. The molecule has 0 N–H and O–H groups in total. The predicted molar refractivity (Wildman–Crippen MR) is 59.8 cm³/mol. The number of carbonyl (C=O) groups excluding carboxylic acids is 1. The van der Waals surface area contributed by atoms with E-state index < -0.39 is 5.63 Å². The van der Waals surface area contributed by atoms with Crippen LogP contribution >= 0.6 is 0 Å². The zero-order chi connectivity index (χ0) is 11.1. The van der Waals surface area contributed by atoms with E-state index in [9.17, 15) is 9.59 Å². The van der Waals surface area contributed by atoms with Crippen molar-refractivity contribution in [2.75, 3.05) is 0 Å². The van der Waals surface area contributed by atoms with Crippen molar-refractivity contribution in [3.05, 3.63) is 45.8 Å². The first kappa shape index (κ1) is 9.33. The summed E-state index contributed by atoms with van der Waals surface area (Å²) in [5.41, 5.74) is 1.66. The van der Waals surface area contributed by atoms with Gasteiger partial charge in [0.25, 0.3) is 0 Å². The number of benzene rings is 1. The Hall–Kier alpha value is -1.90. The van der Waals surface area contributed by atoms with Crippen LogP contribution in [-0.2, 0) is 6.42 Å². The van der Waals surface area contributed by atoms with Gasteiger partial charge in [0.1, 0.15) is 5.58 Å². The van der Waals surface area contributed by atoms with Gasteiger partial charge in [0.05, 0.1) is 5.56 Å². The minimum Gasteiger partial charge on any atom is -0.422 e. The maximum atomic E-state index is 11.8. The molecule has 0 fully saturated rings. The Morgan fingerprint density at radius 1 is 1.00 bits per heavy atom. The Kier molecular flexibility index (Phi) is 1.93. The first-order chi connectivity index (χ1) is 7.75. The number of ketones is 1. The predicted octanol–water partition coefficient (Wildman–Crippen LogP) is 2.31. The molecule has 0 amide bonds. The van der Waals surface area contributed by atoms with Crippen molar-refractivity contribution >= 4 is 16.8 Å². The fourth-order valence-electron chi connectivity index (χ4n) is 2.25. The van der Waals surface area contributed by atoms with Crippen molar-refractivity contribution in [2.24, 2.45) is 0 Å². The van der Waals surface area contributed by atoms with E-state index in [2.05, 4.69) is 0 Å². The summed E-state index contributed by atoms with van der Waals surface area (Å²) in [5.74, 6) is 0.0844. The second kappa shape index (κ2) is 3.30. The maximum absolute atomic E-state index is 11.8. The van der Waals surface area contributed by atoms with E-state index in [1.807, 2.05) is 12.1 Å². The molecule has 0 radical (unpaired) electrons.